The minimum Gasteiger partial charge on any atom is -0.355 e. The van der Waals surface area contributed by atoms with Crippen molar-refractivity contribution in [2.75, 3.05) is 6.54 Å². The zero-order chi connectivity index (χ0) is 21.7. The maximum atomic E-state index is 13.0. The lowest BCUT2D eigenvalue weighted by Gasteiger charge is -2.18. The molecule has 2 atom stereocenters. The number of rotatable bonds is 8. The van der Waals surface area contributed by atoms with Crippen LogP contribution >= 0.6 is 11.8 Å². The van der Waals surface area contributed by atoms with Crippen molar-refractivity contribution < 1.29 is 4.79 Å². The summed E-state index contributed by atoms with van der Waals surface area (Å²) in [6.45, 7) is 9.22. The van der Waals surface area contributed by atoms with Crippen molar-refractivity contribution in [1.29, 1.82) is 0 Å². The third kappa shape index (κ3) is 5.30. The zero-order valence-electron chi connectivity index (χ0n) is 18.0. The molecule has 3 rings (SSSR count). The van der Waals surface area contributed by atoms with Crippen LogP contribution in [0.25, 0.3) is 10.9 Å². The molecule has 1 N–H and O–H groups in total. The first kappa shape index (κ1) is 22.1. The molecule has 0 radical (unpaired) electrons. The van der Waals surface area contributed by atoms with Crippen LogP contribution in [-0.2, 0) is 11.3 Å². The van der Waals surface area contributed by atoms with Gasteiger partial charge in [-0.2, -0.15) is 0 Å². The number of carbonyl (C=O) groups excluding carboxylic acids is 1. The zero-order valence-corrected chi connectivity index (χ0v) is 18.8. The molecule has 0 aliphatic rings. The van der Waals surface area contributed by atoms with Crippen LogP contribution in [-0.4, -0.2) is 27.3 Å². The van der Waals surface area contributed by atoms with E-state index in [1.165, 1.54) is 17.3 Å². The molecular weight excluding hydrogens is 394 g/mol. The Morgan fingerprint density at radius 2 is 1.70 bits per heavy atom. The van der Waals surface area contributed by atoms with Crippen LogP contribution in [0.5, 0.6) is 0 Å². The van der Waals surface area contributed by atoms with Crippen LogP contribution in [0, 0.1) is 5.92 Å². The first-order valence-corrected chi connectivity index (χ1v) is 11.2. The van der Waals surface area contributed by atoms with Gasteiger partial charge in [0, 0.05) is 13.1 Å². The summed E-state index contributed by atoms with van der Waals surface area (Å²) in [6.07, 6.45) is 0. The number of fused-ring (bicyclic) bond motifs is 1. The maximum absolute atomic E-state index is 13.0. The Morgan fingerprint density at radius 3 is 2.40 bits per heavy atom. The van der Waals surface area contributed by atoms with E-state index in [1.54, 1.807) is 10.6 Å². The summed E-state index contributed by atoms with van der Waals surface area (Å²) in [4.78, 5) is 30.4. The Hall–Kier alpha value is -2.60. The van der Waals surface area contributed by atoms with Gasteiger partial charge in [0.05, 0.1) is 16.2 Å². The van der Waals surface area contributed by atoms with Gasteiger partial charge in [-0.05, 0) is 36.5 Å². The highest BCUT2D eigenvalue weighted by atomic mass is 32.2. The number of benzene rings is 2. The summed E-state index contributed by atoms with van der Waals surface area (Å²) >= 11 is 1.34. The molecule has 0 aliphatic heterocycles. The maximum Gasteiger partial charge on any atom is 0.262 e. The monoisotopic (exact) mass is 423 g/mol. The van der Waals surface area contributed by atoms with E-state index in [2.05, 4.69) is 38.2 Å². The fourth-order valence-corrected chi connectivity index (χ4v) is 4.21. The molecule has 2 aromatic carbocycles. The fourth-order valence-electron chi connectivity index (χ4n) is 3.27. The van der Waals surface area contributed by atoms with Crippen molar-refractivity contribution in [3.63, 3.8) is 0 Å². The van der Waals surface area contributed by atoms with Crippen molar-refractivity contribution in [2.24, 2.45) is 5.92 Å². The molecule has 0 saturated carbocycles. The lowest BCUT2D eigenvalue weighted by Crippen LogP contribution is -2.34. The molecular formula is C24H29N3O2S. The van der Waals surface area contributed by atoms with E-state index in [9.17, 15) is 9.59 Å². The highest BCUT2D eigenvalue weighted by Gasteiger charge is 2.20. The summed E-state index contributed by atoms with van der Waals surface area (Å²) in [5, 5.41) is 3.87. The van der Waals surface area contributed by atoms with Gasteiger partial charge in [0.15, 0.2) is 5.16 Å². The van der Waals surface area contributed by atoms with E-state index >= 15 is 0 Å². The van der Waals surface area contributed by atoms with Gasteiger partial charge >= 0.3 is 0 Å². The standard InChI is InChI=1S/C24H29N3O2S/c1-16(2)15-27-23(29)20-12-8-9-13-21(20)26-24(27)30-18(4)22(28)25-14-17(3)19-10-6-5-7-11-19/h5-13,16-18H,14-15H2,1-4H3,(H,25,28)/t17-,18-/m0/s1. The Labute approximate surface area is 181 Å². The number of hydrogen-bond donors (Lipinski definition) is 1. The predicted octanol–water partition coefficient (Wildman–Crippen LogP) is 4.45. The van der Waals surface area contributed by atoms with Gasteiger partial charge in [0.1, 0.15) is 0 Å². The molecule has 158 valence electrons. The van der Waals surface area contributed by atoms with Gasteiger partial charge in [-0.3, -0.25) is 14.2 Å². The van der Waals surface area contributed by atoms with Crippen LogP contribution in [0.15, 0.2) is 64.5 Å². The van der Waals surface area contributed by atoms with Crippen LogP contribution in [0.3, 0.4) is 0 Å². The highest BCUT2D eigenvalue weighted by Crippen LogP contribution is 2.23. The second-order valence-corrected chi connectivity index (χ2v) is 9.35. The van der Waals surface area contributed by atoms with Gasteiger partial charge in [0.2, 0.25) is 5.91 Å². The molecule has 0 unspecified atom stereocenters. The molecule has 0 saturated heterocycles. The topological polar surface area (TPSA) is 64.0 Å². The van der Waals surface area contributed by atoms with Crippen molar-refractivity contribution in [2.45, 2.75) is 50.6 Å². The van der Waals surface area contributed by atoms with Gasteiger partial charge < -0.3 is 5.32 Å². The van der Waals surface area contributed by atoms with Crippen molar-refractivity contribution >= 4 is 28.6 Å². The molecule has 1 aromatic heterocycles. The smallest absolute Gasteiger partial charge is 0.262 e. The first-order chi connectivity index (χ1) is 14.4. The van der Waals surface area contributed by atoms with E-state index in [4.69, 9.17) is 4.98 Å². The van der Waals surface area contributed by atoms with Crippen LogP contribution in [0.1, 0.15) is 39.2 Å². The predicted molar refractivity (Wildman–Crippen MR) is 124 cm³/mol. The van der Waals surface area contributed by atoms with Crippen molar-refractivity contribution in [3.05, 3.63) is 70.5 Å². The Balaban J connectivity index is 1.75. The SMILES string of the molecule is CC(C)Cn1c(S[C@@H](C)C(=O)NC[C@H](C)c2ccccc2)nc2ccccc2c1=O. The number of hydrogen-bond acceptors (Lipinski definition) is 4. The highest BCUT2D eigenvalue weighted by molar-refractivity contribution is 8.00. The van der Waals surface area contributed by atoms with Crippen LogP contribution < -0.4 is 10.9 Å². The molecule has 6 heteroatoms. The second-order valence-electron chi connectivity index (χ2n) is 8.04. The number of carbonyl (C=O) groups is 1. The van der Waals surface area contributed by atoms with E-state index < -0.39 is 0 Å². The molecule has 3 aromatic rings. The fraction of sp³-hybridized carbons (Fsp3) is 0.375. The second kappa shape index (κ2) is 9.94. The average Bonchev–Trinajstić information content (AvgIpc) is 2.74. The first-order valence-electron chi connectivity index (χ1n) is 10.4. The van der Waals surface area contributed by atoms with E-state index in [-0.39, 0.29) is 22.6 Å². The van der Waals surface area contributed by atoms with E-state index in [1.807, 2.05) is 43.3 Å². The summed E-state index contributed by atoms with van der Waals surface area (Å²) in [5.41, 5.74) is 1.80. The van der Waals surface area contributed by atoms with Crippen LogP contribution in [0.2, 0.25) is 0 Å². The average molecular weight is 424 g/mol. The third-order valence-electron chi connectivity index (χ3n) is 4.98. The minimum atomic E-state index is -0.362. The number of para-hydroxylation sites is 1. The van der Waals surface area contributed by atoms with E-state index in [0.29, 0.717) is 35.1 Å². The Morgan fingerprint density at radius 1 is 1.03 bits per heavy atom. The van der Waals surface area contributed by atoms with Gasteiger partial charge in [-0.1, -0.05) is 75.0 Å². The molecule has 1 heterocycles. The molecule has 1 amide bonds. The normalized spacial score (nSPS) is 13.4. The molecule has 0 aliphatic carbocycles. The lowest BCUT2D eigenvalue weighted by molar-refractivity contribution is -0.120. The molecule has 5 nitrogen and oxygen atoms in total. The number of aromatic nitrogens is 2. The molecule has 0 bridgehead atoms. The molecule has 30 heavy (non-hydrogen) atoms. The Kier molecular flexibility index (Phi) is 7.32. The summed E-state index contributed by atoms with van der Waals surface area (Å²) in [7, 11) is 0. The number of thioether (sulfide) groups is 1. The van der Waals surface area contributed by atoms with Crippen LogP contribution in [0.4, 0.5) is 0 Å². The largest absolute Gasteiger partial charge is 0.355 e. The number of nitrogens with one attached hydrogen (secondary N) is 1. The van der Waals surface area contributed by atoms with Crippen molar-refractivity contribution in [1.82, 2.24) is 14.9 Å². The molecule has 0 spiro atoms. The summed E-state index contributed by atoms with van der Waals surface area (Å²) in [5.74, 6) is 0.465. The van der Waals surface area contributed by atoms with Gasteiger partial charge in [0.25, 0.3) is 5.56 Å². The minimum absolute atomic E-state index is 0.0536. The third-order valence-corrected chi connectivity index (χ3v) is 6.07. The Bertz CT molecular complexity index is 1060. The van der Waals surface area contributed by atoms with E-state index in [0.717, 1.165) is 0 Å². The van der Waals surface area contributed by atoms with Gasteiger partial charge in [-0.15, -0.1) is 0 Å². The number of amides is 1. The number of nitrogens with zero attached hydrogens (tertiary/aromatic N) is 2. The summed E-state index contributed by atoms with van der Waals surface area (Å²) < 4.78 is 1.70. The quantitative estimate of drug-likeness (QED) is 0.429. The molecule has 0 fully saturated rings. The van der Waals surface area contributed by atoms with Gasteiger partial charge in [-0.25, -0.2) is 4.98 Å². The van der Waals surface area contributed by atoms with Crippen molar-refractivity contribution in [3.8, 4) is 0 Å². The summed E-state index contributed by atoms with van der Waals surface area (Å²) in [6, 6.07) is 17.5. The lowest BCUT2D eigenvalue weighted by atomic mass is 10.0.